The van der Waals surface area contributed by atoms with Crippen LogP contribution < -0.4 is 15.4 Å². The first-order valence-corrected chi connectivity index (χ1v) is 9.97. The van der Waals surface area contributed by atoms with E-state index in [0.717, 1.165) is 5.56 Å². The number of ether oxygens (including phenoxy) is 1. The minimum Gasteiger partial charge on any atom is -0.495 e. The second kappa shape index (κ2) is 9.31. The van der Waals surface area contributed by atoms with Gasteiger partial charge in [0, 0.05) is 0 Å². The van der Waals surface area contributed by atoms with E-state index in [1.54, 1.807) is 31.4 Å². The van der Waals surface area contributed by atoms with Gasteiger partial charge in [-0.1, -0.05) is 64.4 Å². The molecule has 2 amide bonds. The number of benzene rings is 2. The van der Waals surface area contributed by atoms with Crippen molar-refractivity contribution < 1.29 is 14.3 Å². The third kappa shape index (κ3) is 5.73. The van der Waals surface area contributed by atoms with Crippen LogP contribution >= 0.6 is 11.6 Å². The molecular weight excluding hydrogens is 388 g/mol. The summed E-state index contributed by atoms with van der Waals surface area (Å²) in [5, 5.41) is 6.06. The first-order valence-electron chi connectivity index (χ1n) is 9.59. The second-order valence-electron chi connectivity index (χ2n) is 8.33. The Morgan fingerprint density at radius 3 is 2.28 bits per heavy atom. The van der Waals surface area contributed by atoms with Crippen molar-refractivity contribution in [1.82, 2.24) is 5.32 Å². The van der Waals surface area contributed by atoms with Gasteiger partial charge in [-0.15, -0.1) is 0 Å². The quantitative estimate of drug-likeness (QED) is 0.693. The molecule has 2 N–H and O–H groups in total. The largest absolute Gasteiger partial charge is 0.495 e. The van der Waals surface area contributed by atoms with Crippen LogP contribution in [0.4, 0.5) is 5.69 Å². The van der Waals surface area contributed by atoms with Gasteiger partial charge >= 0.3 is 0 Å². The highest BCUT2D eigenvalue weighted by atomic mass is 35.5. The van der Waals surface area contributed by atoms with Crippen LogP contribution in [0.15, 0.2) is 42.5 Å². The fraction of sp³-hybridized carbons (Fsp3) is 0.391. The van der Waals surface area contributed by atoms with Crippen LogP contribution in [0.25, 0.3) is 0 Å². The molecule has 0 saturated heterocycles. The summed E-state index contributed by atoms with van der Waals surface area (Å²) in [6.45, 7) is 10.0. The average molecular weight is 417 g/mol. The fourth-order valence-corrected chi connectivity index (χ4v) is 3.10. The standard InChI is InChI=1S/C23H29ClN2O3/c1-14(2)20(26-21(27)16-9-7-8-10-17(16)24)22(28)25-18-13-15(23(3,4)5)11-12-19(18)29-6/h7-14,20H,1-6H3,(H,25,28)(H,26,27)/t20-/m0/s1. The molecule has 6 heteroatoms. The van der Waals surface area contributed by atoms with Crippen molar-refractivity contribution in [2.24, 2.45) is 5.92 Å². The average Bonchev–Trinajstić information content (AvgIpc) is 2.65. The SMILES string of the molecule is COc1ccc(C(C)(C)C)cc1NC(=O)[C@@H](NC(=O)c1ccccc1Cl)C(C)C. The zero-order chi connectivity index (χ0) is 21.8. The van der Waals surface area contributed by atoms with Gasteiger partial charge in [0.1, 0.15) is 11.8 Å². The van der Waals surface area contributed by atoms with Crippen molar-refractivity contribution in [3.05, 3.63) is 58.6 Å². The predicted octanol–water partition coefficient (Wildman–Crippen LogP) is 5.04. The van der Waals surface area contributed by atoms with Gasteiger partial charge < -0.3 is 15.4 Å². The van der Waals surface area contributed by atoms with E-state index in [9.17, 15) is 9.59 Å². The molecule has 0 saturated carbocycles. The van der Waals surface area contributed by atoms with Crippen molar-refractivity contribution in [2.45, 2.75) is 46.1 Å². The van der Waals surface area contributed by atoms with Gasteiger partial charge in [0.2, 0.25) is 5.91 Å². The zero-order valence-corrected chi connectivity index (χ0v) is 18.6. The molecule has 5 nitrogen and oxygen atoms in total. The molecular formula is C23H29ClN2O3. The molecule has 0 aromatic heterocycles. The summed E-state index contributed by atoms with van der Waals surface area (Å²) in [6, 6.07) is 11.7. The number of methoxy groups -OCH3 is 1. The fourth-order valence-electron chi connectivity index (χ4n) is 2.88. The summed E-state index contributed by atoms with van der Waals surface area (Å²) in [5.41, 5.74) is 1.89. The molecule has 0 aliphatic rings. The number of hydrogen-bond donors (Lipinski definition) is 2. The Kier molecular flexibility index (Phi) is 7.31. The van der Waals surface area contributed by atoms with Crippen molar-refractivity contribution in [3.8, 4) is 5.75 Å². The maximum Gasteiger partial charge on any atom is 0.253 e. The van der Waals surface area contributed by atoms with E-state index in [4.69, 9.17) is 16.3 Å². The van der Waals surface area contributed by atoms with Gasteiger partial charge in [-0.25, -0.2) is 0 Å². The monoisotopic (exact) mass is 416 g/mol. The molecule has 0 radical (unpaired) electrons. The molecule has 0 unspecified atom stereocenters. The molecule has 0 aliphatic carbocycles. The van der Waals surface area contributed by atoms with Crippen molar-refractivity contribution in [1.29, 1.82) is 0 Å². The summed E-state index contributed by atoms with van der Waals surface area (Å²) in [6.07, 6.45) is 0. The molecule has 2 aromatic carbocycles. The summed E-state index contributed by atoms with van der Waals surface area (Å²) in [4.78, 5) is 25.7. The van der Waals surface area contributed by atoms with E-state index in [1.165, 1.54) is 0 Å². The number of halogens is 1. The Hall–Kier alpha value is -2.53. The van der Waals surface area contributed by atoms with Gasteiger partial charge in [-0.05, 0) is 41.2 Å². The number of hydrogen-bond acceptors (Lipinski definition) is 3. The molecule has 0 bridgehead atoms. The third-order valence-electron chi connectivity index (χ3n) is 4.68. The Labute approximate surface area is 177 Å². The lowest BCUT2D eigenvalue weighted by molar-refractivity contribution is -0.118. The summed E-state index contributed by atoms with van der Waals surface area (Å²) in [5.74, 6) is -0.269. The van der Waals surface area contributed by atoms with E-state index in [2.05, 4.69) is 31.4 Å². The number of rotatable bonds is 6. The smallest absolute Gasteiger partial charge is 0.253 e. The molecule has 156 valence electrons. The molecule has 2 rings (SSSR count). The minimum atomic E-state index is -0.734. The Balaban J connectivity index is 2.26. The molecule has 1 atom stereocenters. The van der Waals surface area contributed by atoms with Gasteiger partial charge in [0.15, 0.2) is 0 Å². The highest BCUT2D eigenvalue weighted by Crippen LogP contribution is 2.31. The normalized spacial score (nSPS) is 12.4. The van der Waals surface area contributed by atoms with Crippen LogP contribution in [0.5, 0.6) is 5.75 Å². The maximum atomic E-state index is 13.0. The second-order valence-corrected chi connectivity index (χ2v) is 8.74. The number of carbonyl (C=O) groups is 2. The summed E-state index contributed by atoms with van der Waals surface area (Å²) in [7, 11) is 1.56. The lowest BCUT2D eigenvalue weighted by Gasteiger charge is -2.24. The molecule has 2 aromatic rings. The van der Waals surface area contributed by atoms with E-state index in [1.807, 2.05) is 32.0 Å². The lowest BCUT2D eigenvalue weighted by Crippen LogP contribution is -2.47. The van der Waals surface area contributed by atoms with E-state index >= 15 is 0 Å². The Morgan fingerprint density at radius 2 is 1.72 bits per heavy atom. The summed E-state index contributed by atoms with van der Waals surface area (Å²) < 4.78 is 5.40. The maximum absolute atomic E-state index is 13.0. The van der Waals surface area contributed by atoms with Gasteiger partial charge in [-0.3, -0.25) is 9.59 Å². The Morgan fingerprint density at radius 1 is 1.07 bits per heavy atom. The van der Waals surface area contributed by atoms with Crippen LogP contribution in [-0.4, -0.2) is 25.0 Å². The van der Waals surface area contributed by atoms with Crippen molar-refractivity contribution >= 4 is 29.1 Å². The predicted molar refractivity (Wildman–Crippen MR) is 118 cm³/mol. The number of carbonyl (C=O) groups excluding carboxylic acids is 2. The highest BCUT2D eigenvalue weighted by Gasteiger charge is 2.27. The number of anilines is 1. The van der Waals surface area contributed by atoms with Gasteiger partial charge in [-0.2, -0.15) is 0 Å². The van der Waals surface area contributed by atoms with E-state index in [0.29, 0.717) is 22.0 Å². The first kappa shape index (κ1) is 22.8. The van der Waals surface area contributed by atoms with Gasteiger partial charge in [0.25, 0.3) is 5.91 Å². The highest BCUT2D eigenvalue weighted by molar-refractivity contribution is 6.33. The number of amides is 2. The first-order chi connectivity index (χ1) is 13.5. The molecule has 29 heavy (non-hydrogen) atoms. The van der Waals surface area contributed by atoms with Crippen LogP contribution in [-0.2, 0) is 10.2 Å². The number of nitrogens with one attached hydrogen (secondary N) is 2. The molecule has 0 heterocycles. The van der Waals surface area contributed by atoms with Crippen LogP contribution in [0.1, 0.15) is 50.5 Å². The molecule has 0 spiro atoms. The van der Waals surface area contributed by atoms with Crippen molar-refractivity contribution in [2.75, 3.05) is 12.4 Å². The summed E-state index contributed by atoms with van der Waals surface area (Å²) >= 11 is 6.11. The lowest BCUT2D eigenvalue weighted by atomic mass is 9.86. The molecule has 0 aliphatic heterocycles. The van der Waals surface area contributed by atoms with Gasteiger partial charge in [0.05, 0.1) is 23.4 Å². The molecule has 0 fully saturated rings. The van der Waals surface area contributed by atoms with Crippen molar-refractivity contribution in [3.63, 3.8) is 0 Å². The van der Waals surface area contributed by atoms with Crippen LogP contribution in [0.2, 0.25) is 5.02 Å². The zero-order valence-electron chi connectivity index (χ0n) is 17.8. The van der Waals surface area contributed by atoms with Crippen LogP contribution in [0.3, 0.4) is 0 Å². The third-order valence-corrected chi connectivity index (χ3v) is 5.01. The van der Waals surface area contributed by atoms with E-state index in [-0.39, 0.29) is 23.1 Å². The topological polar surface area (TPSA) is 67.4 Å². The van der Waals surface area contributed by atoms with Crippen LogP contribution in [0, 0.1) is 5.92 Å². The minimum absolute atomic E-state index is 0.0819. The van der Waals surface area contributed by atoms with E-state index < -0.39 is 6.04 Å². The Bertz CT molecular complexity index is 888.